The van der Waals surface area contributed by atoms with E-state index in [0.717, 1.165) is 19.3 Å². The highest BCUT2D eigenvalue weighted by molar-refractivity contribution is 5.76. The Kier molecular flexibility index (Phi) is 4.90. The van der Waals surface area contributed by atoms with Crippen LogP contribution in [-0.4, -0.2) is 41.7 Å². The molecule has 0 spiro atoms. The molecule has 0 aliphatic heterocycles. The lowest BCUT2D eigenvalue weighted by molar-refractivity contribution is -0.135. The second-order valence-corrected chi connectivity index (χ2v) is 3.79. The molecule has 0 saturated heterocycles. The molecule has 1 saturated carbocycles. The Balaban J connectivity index is 2.35. The number of nitrogens with two attached hydrogens (primary N) is 1. The van der Waals surface area contributed by atoms with E-state index in [-0.39, 0.29) is 12.5 Å². The van der Waals surface area contributed by atoms with Crippen LogP contribution >= 0.6 is 0 Å². The van der Waals surface area contributed by atoms with Gasteiger partial charge in [-0.05, 0) is 32.2 Å². The normalized spacial score (nSPS) is 16.4. The lowest BCUT2D eigenvalue weighted by Crippen LogP contribution is -2.45. The molecule has 82 valence electrons. The Bertz CT molecular complexity index is 181. The van der Waals surface area contributed by atoms with E-state index in [1.54, 1.807) is 0 Å². The summed E-state index contributed by atoms with van der Waals surface area (Å²) >= 11 is 0. The van der Waals surface area contributed by atoms with Gasteiger partial charge in [-0.15, -0.1) is 0 Å². The van der Waals surface area contributed by atoms with E-state index in [4.69, 9.17) is 10.8 Å². The number of amides is 1. The van der Waals surface area contributed by atoms with Crippen molar-refractivity contribution in [2.45, 2.75) is 38.1 Å². The van der Waals surface area contributed by atoms with Crippen LogP contribution in [0, 0.1) is 0 Å². The van der Waals surface area contributed by atoms with Gasteiger partial charge in [0.1, 0.15) is 0 Å². The van der Waals surface area contributed by atoms with E-state index < -0.39 is 0 Å². The van der Waals surface area contributed by atoms with Crippen molar-refractivity contribution in [3.63, 3.8) is 0 Å². The van der Waals surface area contributed by atoms with E-state index in [1.807, 2.05) is 4.90 Å². The van der Waals surface area contributed by atoms with Gasteiger partial charge in [0.05, 0.1) is 6.61 Å². The van der Waals surface area contributed by atoms with Crippen LogP contribution in [0.2, 0.25) is 0 Å². The number of hydrogen-bond donors (Lipinski definition) is 2. The van der Waals surface area contributed by atoms with Crippen LogP contribution < -0.4 is 5.73 Å². The third-order valence-corrected chi connectivity index (χ3v) is 2.77. The molecule has 4 heteroatoms. The molecule has 0 aromatic heterocycles. The monoisotopic (exact) mass is 200 g/mol. The quantitative estimate of drug-likeness (QED) is 0.639. The molecular weight excluding hydrogens is 180 g/mol. The smallest absolute Gasteiger partial charge is 0.222 e. The number of rotatable bonds is 6. The zero-order valence-electron chi connectivity index (χ0n) is 8.61. The van der Waals surface area contributed by atoms with Crippen LogP contribution in [0.3, 0.4) is 0 Å². The highest BCUT2D eigenvalue weighted by Gasteiger charge is 2.27. The molecule has 1 aliphatic carbocycles. The summed E-state index contributed by atoms with van der Waals surface area (Å²) < 4.78 is 0. The average molecular weight is 200 g/mol. The van der Waals surface area contributed by atoms with E-state index in [1.165, 1.54) is 6.42 Å². The number of aliphatic hydroxyl groups is 1. The van der Waals surface area contributed by atoms with Gasteiger partial charge in [0, 0.05) is 19.0 Å². The van der Waals surface area contributed by atoms with Crippen molar-refractivity contribution in [2.75, 3.05) is 19.7 Å². The molecule has 3 N–H and O–H groups in total. The van der Waals surface area contributed by atoms with Crippen LogP contribution in [-0.2, 0) is 4.79 Å². The maximum atomic E-state index is 11.7. The van der Waals surface area contributed by atoms with Crippen molar-refractivity contribution in [1.82, 2.24) is 4.90 Å². The van der Waals surface area contributed by atoms with E-state index in [0.29, 0.717) is 25.6 Å². The van der Waals surface area contributed by atoms with Gasteiger partial charge in [-0.3, -0.25) is 4.79 Å². The molecule has 0 aromatic carbocycles. The van der Waals surface area contributed by atoms with Crippen LogP contribution in [0.15, 0.2) is 0 Å². The summed E-state index contributed by atoms with van der Waals surface area (Å²) in [7, 11) is 0. The topological polar surface area (TPSA) is 66.6 Å². The average Bonchev–Trinajstić information content (AvgIpc) is 2.10. The molecule has 1 fully saturated rings. The molecule has 0 radical (unpaired) electrons. The molecule has 1 amide bonds. The molecule has 0 unspecified atom stereocenters. The molecule has 0 bridgehead atoms. The maximum Gasteiger partial charge on any atom is 0.222 e. The van der Waals surface area contributed by atoms with Gasteiger partial charge < -0.3 is 15.7 Å². The number of nitrogens with zero attached hydrogens (tertiary/aromatic N) is 1. The molecule has 0 atom stereocenters. The van der Waals surface area contributed by atoms with Crippen molar-refractivity contribution in [1.29, 1.82) is 0 Å². The fourth-order valence-corrected chi connectivity index (χ4v) is 1.71. The van der Waals surface area contributed by atoms with Gasteiger partial charge in [-0.2, -0.15) is 0 Å². The molecule has 14 heavy (non-hydrogen) atoms. The molecular formula is C10H20N2O2. The van der Waals surface area contributed by atoms with Crippen molar-refractivity contribution in [3.05, 3.63) is 0 Å². The minimum absolute atomic E-state index is 0.0604. The number of aliphatic hydroxyl groups excluding tert-OH is 1. The SMILES string of the molecule is NCCCC(=O)N(CCO)C1CCC1. The predicted octanol–water partition coefficient (Wildman–Crippen LogP) is 0.0987. The van der Waals surface area contributed by atoms with Gasteiger partial charge in [-0.25, -0.2) is 0 Å². The molecule has 0 aromatic rings. The van der Waals surface area contributed by atoms with E-state index in [9.17, 15) is 4.79 Å². The fourth-order valence-electron chi connectivity index (χ4n) is 1.71. The first-order valence-corrected chi connectivity index (χ1v) is 5.40. The Morgan fingerprint density at radius 2 is 2.21 bits per heavy atom. The lowest BCUT2D eigenvalue weighted by atomic mass is 9.91. The first kappa shape index (κ1) is 11.5. The third-order valence-electron chi connectivity index (χ3n) is 2.77. The second kappa shape index (κ2) is 5.98. The van der Waals surface area contributed by atoms with Crippen molar-refractivity contribution >= 4 is 5.91 Å². The largest absolute Gasteiger partial charge is 0.395 e. The minimum Gasteiger partial charge on any atom is -0.395 e. The summed E-state index contributed by atoms with van der Waals surface area (Å²) in [4.78, 5) is 13.5. The predicted molar refractivity (Wildman–Crippen MR) is 54.7 cm³/mol. The molecule has 0 heterocycles. The van der Waals surface area contributed by atoms with Crippen LogP contribution in [0.1, 0.15) is 32.1 Å². The third kappa shape index (κ3) is 2.96. The van der Waals surface area contributed by atoms with Gasteiger partial charge in [0.2, 0.25) is 5.91 Å². The lowest BCUT2D eigenvalue weighted by Gasteiger charge is -2.37. The van der Waals surface area contributed by atoms with Gasteiger partial charge in [-0.1, -0.05) is 0 Å². The summed E-state index contributed by atoms with van der Waals surface area (Å²) in [5.41, 5.74) is 5.35. The van der Waals surface area contributed by atoms with Crippen molar-refractivity contribution in [3.8, 4) is 0 Å². The summed E-state index contributed by atoms with van der Waals surface area (Å²) in [6, 6.07) is 0.382. The number of carbonyl (C=O) groups excluding carboxylic acids is 1. The maximum absolute atomic E-state index is 11.7. The Hall–Kier alpha value is -0.610. The van der Waals surface area contributed by atoms with Crippen molar-refractivity contribution < 1.29 is 9.90 Å². The van der Waals surface area contributed by atoms with E-state index >= 15 is 0 Å². The second-order valence-electron chi connectivity index (χ2n) is 3.79. The Morgan fingerprint density at radius 1 is 1.50 bits per heavy atom. The molecule has 1 rings (SSSR count). The highest BCUT2D eigenvalue weighted by Crippen LogP contribution is 2.25. The summed E-state index contributed by atoms with van der Waals surface area (Å²) in [6.07, 6.45) is 4.65. The molecule has 4 nitrogen and oxygen atoms in total. The van der Waals surface area contributed by atoms with Gasteiger partial charge in [0.15, 0.2) is 0 Å². The standard InChI is InChI=1S/C10H20N2O2/c11-6-2-5-10(14)12(7-8-13)9-3-1-4-9/h9,13H,1-8,11H2. The van der Waals surface area contributed by atoms with Gasteiger partial charge in [0.25, 0.3) is 0 Å². The molecule has 1 aliphatic rings. The van der Waals surface area contributed by atoms with E-state index in [2.05, 4.69) is 0 Å². The van der Waals surface area contributed by atoms with Crippen LogP contribution in [0.5, 0.6) is 0 Å². The number of hydrogen-bond acceptors (Lipinski definition) is 3. The van der Waals surface area contributed by atoms with Crippen molar-refractivity contribution in [2.24, 2.45) is 5.73 Å². The Morgan fingerprint density at radius 3 is 2.64 bits per heavy atom. The zero-order valence-corrected chi connectivity index (χ0v) is 8.61. The van der Waals surface area contributed by atoms with Crippen LogP contribution in [0.4, 0.5) is 0 Å². The first-order chi connectivity index (χ1) is 6.79. The summed E-state index contributed by atoms with van der Waals surface area (Å²) in [5.74, 6) is 0.147. The fraction of sp³-hybridized carbons (Fsp3) is 0.900. The minimum atomic E-state index is 0.0604. The Labute approximate surface area is 85.1 Å². The summed E-state index contributed by atoms with van der Waals surface area (Å²) in [6.45, 7) is 1.10. The number of carbonyl (C=O) groups is 1. The zero-order chi connectivity index (χ0) is 10.4. The van der Waals surface area contributed by atoms with Gasteiger partial charge >= 0.3 is 0 Å². The summed E-state index contributed by atoms with van der Waals surface area (Å²) in [5, 5.41) is 8.86. The highest BCUT2D eigenvalue weighted by atomic mass is 16.3. The van der Waals surface area contributed by atoms with Crippen LogP contribution in [0.25, 0.3) is 0 Å². The first-order valence-electron chi connectivity index (χ1n) is 5.40.